The largest absolute Gasteiger partial charge is 0.456 e. The van der Waals surface area contributed by atoms with Crippen LogP contribution in [-0.2, 0) is 0 Å². The summed E-state index contributed by atoms with van der Waals surface area (Å²) < 4.78 is 33.9. The second-order valence-corrected chi connectivity index (χ2v) is 11.7. The van der Waals surface area contributed by atoms with Crippen LogP contribution in [0.15, 0.2) is 132 Å². The minimum Gasteiger partial charge on any atom is -0.456 e. The molecular formula is C41H27F2N3O. The van der Waals surface area contributed by atoms with Crippen LogP contribution in [0.3, 0.4) is 0 Å². The number of aryl methyl sites for hydroxylation is 2. The van der Waals surface area contributed by atoms with E-state index in [4.69, 9.17) is 4.42 Å². The van der Waals surface area contributed by atoms with Crippen LogP contribution in [0.1, 0.15) is 11.1 Å². The van der Waals surface area contributed by atoms with Crippen molar-refractivity contribution in [1.29, 1.82) is 0 Å². The van der Waals surface area contributed by atoms with Gasteiger partial charge in [-0.3, -0.25) is 4.98 Å². The lowest BCUT2D eigenvalue weighted by Gasteiger charge is -2.17. The summed E-state index contributed by atoms with van der Waals surface area (Å²) >= 11 is 0. The number of rotatable bonds is 5. The summed E-state index contributed by atoms with van der Waals surface area (Å²) in [7, 11) is 0. The first-order chi connectivity index (χ1) is 22.9. The first kappa shape index (κ1) is 28.5. The molecule has 226 valence electrons. The predicted octanol–water partition coefficient (Wildman–Crippen LogP) is 11.0. The molecule has 0 saturated carbocycles. The molecule has 0 amide bonds. The van der Waals surface area contributed by atoms with Gasteiger partial charge in [0.15, 0.2) is 5.82 Å². The second kappa shape index (κ2) is 11.4. The molecule has 6 heteroatoms. The molecule has 47 heavy (non-hydrogen) atoms. The SMILES string of the molecule is Cc1cc(C)cc(-c2ccccc2-c2ccc(-c3ccc(-c4nc(F)cc(F)n4)cn3)cc2-c2cccc3oc4ccccc4c23)c1. The topological polar surface area (TPSA) is 51.8 Å². The van der Waals surface area contributed by atoms with Crippen LogP contribution < -0.4 is 0 Å². The molecule has 0 spiro atoms. The number of aromatic nitrogens is 3. The van der Waals surface area contributed by atoms with Crippen molar-refractivity contribution in [2.24, 2.45) is 0 Å². The lowest BCUT2D eigenvalue weighted by Crippen LogP contribution is -1.97. The van der Waals surface area contributed by atoms with Gasteiger partial charge in [-0.2, -0.15) is 18.7 Å². The minimum atomic E-state index is -0.932. The molecule has 0 bridgehead atoms. The molecule has 0 N–H and O–H groups in total. The van der Waals surface area contributed by atoms with Gasteiger partial charge in [-0.25, -0.2) is 0 Å². The number of pyridine rings is 1. The van der Waals surface area contributed by atoms with Crippen LogP contribution in [0, 0.1) is 25.7 Å². The third kappa shape index (κ3) is 5.24. The van der Waals surface area contributed by atoms with Crippen molar-refractivity contribution in [3.05, 3.63) is 151 Å². The number of nitrogens with zero attached hydrogens (tertiary/aromatic N) is 3. The molecular weight excluding hydrogens is 588 g/mol. The Hall–Kier alpha value is -6.01. The fraction of sp³-hybridized carbons (Fsp3) is 0.0488. The van der Waals surface area contributed by atoms with Crippen LogP contribution in [0.4, 0.5) is 8.78 Å². The molecule has 0 aliphatic rings. The highest BCUT2D eigenvalue weighted by Crippen LogP contribution is 2.44. The van der Waals surface area contributed by atoms with E-state index >= 15 is 0 Å². The van der Waals surface area contributed by atoms with Crippen molar-refractivity contribution in [1.82, 2.24) is 15.0 Å². The van der Waals surface area contributed by atoms with Crippen LogP contribution in [0.25, 0.3) is 78.0 Å². The van der Waals surface area contributed by atoms with E-state index in [1.54, 1.807) is 6.07 Å². The summed E-state index contributed by atoms with van der Waals surface area (Å²) in [5, 5.41) is 2.08. The van der Waals surface area contributed by atoms with Gasteiger partial charge in [-0.05, 0) is 77.6 Å². The van der Waals surface area contributed by atoms with E-state index in [0.29, 0.717) is 17.3 Å². The Bertz CT molecular complexity index is 2430. The highest BCUT2D eigenvalue weighted by molar-refractivity contribution is 6.14. The molecule has 4 nitrogen and oxygen atoms in total. The van der Waals surface area contributed by atoms with Gasteiger partial charge in [0.2, 0.25) is 11.9 Å². The van der Waals surface area contributed by atoms with Crippen molar-refractivity contribution in [2.75, 3.05) is 0 Å². The van der Waals surface area contributed by atoms with Gasteiger partial charge in [0, 0.05) is 34.2 Å². The average molecular weight is 616 g/mol. The van der Waals surface area contributed by atoms with Gasteiger partial charge in [0.25, 0.3) is 0 Å². The number of hydrogen-bond donors (Lipinski definition) is 0. The monoisotopic (exact) mass is 615 g/mol. The lowest BCUT2D eigenvalue weighted by molar-refractivity contribution is 0.528. The Kier molecular flexibility index (Phi) is 6.91. The van der Waals surface area contributed by atoms with E-state index in [0.717, 1.165) is 60.9 Å². The van der Waals surface area contributed by atoms with Crippen molar-refractivity contribution in [3.8, 4) is 56.0 Å². The standard InChI is InChI=1S/C41H27F2N3O/c1-24-18-25(2)20-28(19-24)29-8-3-4-9-30(29)31-16-14-26(35-17-15-27(23-44-35)41-45-38(42)22-39(43)46-41)21-34(31)32-11-7-13-37-40(32)33-10-5-6-12-36(33)47-37/h3-23H,1-2H3. The molecule has 0 saturated heterocycles. The van der Waals surface area contributed by atoms with Crippen LogP contribution in [-0.4, -0.2) is 15.0 Å². The molecule has 0 aliphatic heterocycles. The zero-order chi connectivity index (χ0) is 32.1. The molecule has 0 aliphatic carbocycles. The van der Waals surface area contributed by atoms with E-state index < -0.39 is 11.9 Å². The normalized spacial score (nSPS) is 11.4. The molecule has 0 atom stereocenters. The van der Waals surface area contributed by atoms with Gasteiger partial charge in [0.1, 0.15) is 11.2 Å². The van der Waals surface area contributed by atoms with Gasteiger partial charge in [-0.1, -0.05) is 96.1 Å². The zero-order valence-electron chi connectivity index (χ0n) is 25.6. The van der Waals surface area contributed by atoms with Crippen molar-refractivity contribution < 1.29 is 13.2 Å². The van der Waals surface area contributed by atoms with Crippen molar-refractivity contribution in [3.63, 3.8) is 0 Å². The first-order valence-corrected chi connectivity index (χ1v) is 15.3. The average Bonchev–Trinajstić information content (AvgIpc) is 3.46. The Labute approximate surface area is 270 Å². The van der Waals surface area contributed by atoms with Crippen molar-refractivity contribution >= 4 is 21.9 Å². The molecule has 0 radical (unpaired) electrons. The number of benzene rings is 5. The highest BCUT2D eigenvalue weighted by atomic mass is 19.1. The molecule has 3 heterocycles. The third-order valence-electron chi connectivity index (χ3n) is 8.44. The number of fused-ring (bicyclic) bond motifs is 3. The highest BCUT2D eigenvalue weighted by Gasteiger charge is 2.19. The van der Waals surface area contributed by atoms with Crippen molar-refractivity contribution in [2.45, 2.75) is 13.8 Å². The molecule has 0 fully saturated rings. The molecule has 0 unspecified atom stereocenters. The first-order valence-electron chi connectivity index (χ1n) is 15.3. The summed E-state index contributed by atoms with van der Waals surface area (Å²) in [6.07, 6.45) is 1.54. The smallest absolute Gasteiger partial charge is 0.219 e. The fourth-order valence-electron chi connectivity index (χ4n) is 6.48. The maximum Gasteiger partial charge on any atom is 0.219 e. The van der Waals surface area contributed by atoms with Gasteiger partial charge < -0.3 is 4.42 Å². The Balaban J connectivity index is 1.35. The minimum absolute atomic E-state index is 0.0564. The van der Waals surface area contributed by atoms with E-state index in [-0.39, 0.29) is 5.82 Å². The quantitative estimate of drug-likeness (QED) is 0.181. The summed E-state index contributed by atoms with van der Waals surface area (Å²) in [6.45, 7) is 4.25. The Morgan fingerprint density at radius 3 is 1.94 bits per heavy atom. The van der Waals surface area contributed by atoms with Gasteiger partial charge in [0.05, 0.1) is 5.69 Å². The van der Waals surface area contributed by atoms with Crippen LogP contribution in [0.2, 0.25) is 0 Å². The molecule has 3 aromatic heterocycles. The second-order valence-electron chi connectivity index (χ2n) is 11.7. The van der Waals surface area contributed by atoms with E-state index in [1.807, 2.05) is 36.4 Å². The summed E-state index contributed by atoms with van der Waals surface area (Å²) in [5.74, 6) is -1.92. The maximum absolute atomic E-state index is 13.8. The predicted molar refractivity (Wildman–Crippen MR) is 184 cm³/mol. The van der Waals surface area contributed by atoms with E-state index in [2.05, 4.69) is 102 Å². The summed E-state index contributed by atoms with van der Waals surface area (Å²) in [5.41, 5.74) is 12.6. The number of furan rings is 1. The lowest BCUT2D eigenvalue weighted by atomic mass is 9.86. The van der Waals surface area contributed by atoms with E-state index in [9.17, 15) is 8.78 Å². The fourth-order valence-corrected chi connectivity index (χ4v) is 6.48. The third-order valence-corrected chi connectivity index (χ3v) is 8.44. The molecule has 8 rings (SSSR count). The maximum atomic E-state index is 13.8. The summed E-state index contributed by atoms with van der Waals surface area (Å²) in [4.78, 5) is 12.1. The number of hydrogen-bond acceptors (Lipinski definition) is 4. The van der Waals surface area contributed by atoms with Crippen LogP contribution in [0.5, 0.6) is 0 Å². The zero-order valence-corrected chi connectivity index (χ0v) is 25.6. The summed E-state index contributed by atoms with van der Waals surface area (Å²) in [6, 6.07) is 40.0. The molecule has 8 aromatic rings. The van der Waals surface area contributed by atoms with Gasteiger partial charge in [-0.15, -0.1) is 0 Å². The number of halogens is 2. The Morgan fingerprint density at radius 1 is 0.511 bits per heavy atom. The van der Waals surface area contributed by atoms with Crippen LogP contribution >= 0.6 is 0 Å². The Morgan fingerprint density at radius 2 is 1.17 bits per heavy atom. The van der Waals surface area contributed by atoms with E-state index in [1.165, 1.54) is 17.3 Å². The number of para-hydroxylation sites is 1. The van der Waals surface area contributed by atoms with Gasteiger partial charge >= 0.3 is 0 Å². The molecule has 5 aromatic carbocycles.